The van der Waals surface area contributed by atoms with Crippen LogP contribution in [0.2, 0.25) is 0 Å². The van der Waals surface area contributed by atoms with Crippen molar-refractivity contribution < 1.29 is 22.0 Å². The molecule has 1 amide bonds. The van der Waals surface area contributed by atoms with Gasteiger partial charge >= 0.3 is 0 Å². The molecule has 0 aliphatic carbocycles. The molecule has 144 valence electrons. The van der Waals surface area contributed by atoms with Crippen LogP contribution in [-0.4, -0.2) is 32.3 Å². The summed E-state index contributed by atoms with van der Waals surface area (Å²) in [4.78, 5) is 14.2. The molecule has 27 heavy (non-hydrogen) atoms. The van der Waals surface area contributed by atoms with Crippen LogP contribution < -0.4 is 4.72 Å². The van der Waals surface area contributed by atoms with E-state index in [4.69, 9.17) is 0 Å². The Balaban J connectivity index is 1.58. The first-order chi connectivity index (χ1) is 12.9. The molecule has 0 saturated carbocycles. The lowest BCUT2D eigenvalue weighted by molar-refractivity contribution is -0.131. The van der Waals surface area contributed by atoms with Crippen LogP contribution in [0.4, 0.5) is 8.78 Å². The van der Waals surface area contributed by atoms with E-state index < -0.39 is 15.8 Å². The number of halogens is 2. The molecule has 1 N–H and O–H groups in total. The van der Waals surface area contributed by atoms with Gasteiger partial charge in [0.05, 0.1) is 10.9 Å². The third-order valence-corrected chi connectivity index (χ3v) is 6.06. The number of carbonyl (C=O) groups excluding carboxylic acids is 1. The highest BCUT2D eigenvalue weighted by atomic mass is 32.2. The first-order valence-corrected chi connectivity index (χ1v) is 10.2. The van der Waals surface area contributed by atoms with E-state index in [9.17, 15) is 22.0 Å². The van der Waals surface area contributed by atoms with Crippen molar-refractivity contribution in [1.29, 1.82) is 0 Å². The number of carbonyl (C=O) groups is 1. The van der Waals surface area contributed by atoms with Crippen LogP contribution in [0.1, 0.15) is 30.9 Å². The average Bonchev–Trinajstić information content (AvgIpc) is 3.12. The number of rotatable bonds is 6. The van der Waals surface area contributed by atoms with Crippen LogP contribution in [0, 0.1) is 11.6 Å². The second-order valence-corrected chi connectivity index (χ2v) is 8.17. The monoisotopic (exact) mass is 394 g/mol. The lowest BCUT2D eigenvalue weighted by Crippen LogP contribution is -2.34. The van der Waals surface area contributed by atoms with E-state index in [1.165, 1.54) is 24.3 Å². The Morgan fingerprint density at radius 2 is 1.63 bits per heavy atom. The van der Waals surface area contributed by atoms with Crippen molar-refractivity contribution in [2.24, 2.45) is 0 Å². The Kier molecular flexibility index (Phi) is 5.86. The Morgan fingerprint density at radius 3 is 2.26 bits per heavy atom. The molecule has 1 saturated heterocycles. The average molecular weight is 394 g/mol. The maximum Gasteiger partial charge on any atom is 0.240 e. The van der Waals surface area contributed by atoms with Gasteiger partial charge in [0.25, 0.3) is 0 Å². The van der Waals surface area contributed by atoms with Gasteiger partial charge in [-0.25, -0.2) is 21.9 Å². The van der Waals surface area contributed by atoms with Crippen LogP contribution in [0.15, 0.2) is 53.4 Å². The summed E-state index contributed by atoms with van der Waals surface area (Å²) in [6.45, 7) is 0.538. The van der Waals surface area contributed by atoms with Gasteiger partial charge in [0.1, 0.15) is 11.6 Å². The zero-order chi connectivity index (χ0) is 19.4. The first-order valence-electron chi connectivity index (χ1n) is 8.67. The van der Waals surface area contributed by atoms with Crippen LogP contribution in [-0.2, 0) is 14.8 Å². The Labute approximate surface area is 157 Å². The van der Waals surface area contributed by atoms with E-state index in [0.29, 0.717) is 6.54 Å². The number of likely N-dealkylation sites (tertiary alicyclic amines) is 1. The fourth-order valence-corrected chi connectivity index (χ4v) is 4.26. The Hall–Kier alpha value is -2.32. The number of amides is 1. The van der Waals surface area contributed by atoms with Crippen LogP contribution in [0.3, 0.4) is 0 Å². The van der Waals surface area contributed by atoms with Crippen molar-refractivity contribution >= 4 is 15.9 Å². The molecular formula is C19H20F2N2O3S. The summed E-state index contributed by atoms with van der Waals surface area (Å²) in [6, 6.07) is 10.4. The predicted octanol–water partition coefficient (Wildman–Crippen LogP) is 3.00. The predicted molar refractivity (Wildman–Crippen MR) is 96.3 cm³/mol. The lowest BCUT2D eigenvalue weighted by Gasteiger charge is -2.25. The van der Waals surface area contributed by atoms with Crippen LogP contribution in [0.25, 0.3) is 0 Å². The molecule has 2 aromatic rings. The highest BCUT2D eigenvalue weighted by molar-refractivity contribution is 7.89. The van der Waals surface area contributed by atoms with Crippen LogP contribution >= 0.6 is 0 Å². The van der Waals surface area contributed by atoms with Gasteiger partial charge in [0, 0.05) is 19.5 Å². The largest absolute Gasteiger partial charge is 0.336 e. The van der Waals surface area contributed by atoms with Crippen molar-refractivity contribution in [2.75, 3.05) is 13.1 Å². The number of benzene rings is 2. The highest BCUT2D eigenvalue weighted by Crippen LogP contribution is 2.32. The number of sulfonamides is 1. The maximum absolute atomic E-state index is 13.1. The van der Waals surface area contributed by atoms with Gasteiger partial charge in [-0.15, -0.1) is 0 Å². The van der Waals surface area contributed by atoms with Crippen LogP contribution in [0.5, 0.6) is 0 Å². The normalized spacial score (nSPS) is 17.3. The molecule has 0 bridgehead atoms. The topological polar surface area (TPSA) is 66.5 Å². The minimum absolute atomic E-state index is 0.0120. The van der Waals surface area contributed by atoms with E-state index in [1.54, 1.807) is 17.0 Å². The number of hydrogen-bond acceptors (Lipinski definition) is 3. The fraction of sp³-hybridized carbons (Fsp3) is 0.316. The second kappa shape index (κ2) is 8.14. The molecule has 1 fully saturated rings. The lowest BCUT2D eigenvalue weighted by atomic mass is 10.0. The fourth-order valence-electron chi connectivity index (χ4n) is 3.23. The zero-order valence-electron chi connectivity index (χ0n) is 14.6. The zero-order valence-corrected chi connectivity index (χ0v) is 15.4. The smallest absolute Gasteiger partial charge is 0.240 e. The van der Waals surface area contributed by atoms with Crippen molar-refractivity contribution in [3.63, 3.8) is 0 Å². The summed E-state index contributed by atoms with van der Waals surface area (Å²) in [6.07, 6.45) is 1.64. The molecule has 1 atom stereocenters. The van der Waals surface area contributed by atoms with Crippen molar-refractivity contribution in [2.45, 2.75) is 30.2 Å². The Morgan fingerprint density at radius 1 is 1.04 bits per heavy atom. The first kappa shape index (κ1) is 19.4. The summed E-state index contributed by atoms with van der Waals surface area (Å²) >= 11 is 0. The van der Waals surface area contributed by atoms with Crippen molar-refractivity contribution in [3.8, 4) is 0 Å². The molecule has 1 aliphatic rings. The molecule has 5 nitrogen and oxygen atoms in total. The third kappa shape index (κ3) is 4.70. The summed E-state index contributed by atoms with van der Waals surface area (Å²) in [5, 5.41) is 0. The molecule has 1 heterocycles. The molecule has 8 heteroatoms. The van der Waals surface area contributed by atoms with E-state index in [2.05, 4.69) is 4.72 Å². The van der Waals surface area contributed by atoms with E-state index >= 15 is 0 Å². The summed E-state index contributed by atoms with van der Waals surface area (Å²) < 4.78 is 52.7. The number of hydrogen-bond donors (Lipinski definition) is 1. The highest BCUT2D eigenvalue weighted by Gasteiger charge is 2.29. The van der Waals surface area contributed by atoms with Crippen molar-refractivity contribution in [3.05, 3.63) is 65.7 Å². The summed E-state index contributed by atoms with van der Waals surface area (Å²) in [7, 11) is -3.80. The van der Waals surface area contributed by atoms with E-state index in [-0.39, 0.29) is 35.6 Å². The second-order valence-electron chi connectivity index (χ2n) is 6.40. The number of nitrogens with zero attached hydrogens (tertiary/aromatic N) is 1. The van der Waals surface area contributed by atoms with Gasteiger partial charge < -0.3 is 4.90 Å². The molecule has 0 spiro atoms. The standard InChI is InChI=1S/C19H20F2N2O3S/c20-15-5-3-14(4-6-15)18-2-1-13-23(18)19(24)11-12-22-27(25,26)17-9-7-16(21)8-10-17/h3-10,18,22H,1-2,11-13H2. The molecule has 0 radical (unpaired) electrons. The van der Waals surface area contributed by atoms with Gasteiger partial charge in [-0.3, -0.25) is 4.79 Å². The molecule has 1 aliphatic heterocycles. The number of nitrogens with one attached hydrogen (secondary N) is 1. The minimum Gasteiger partial charge on any atom is -0.336 e. The summed E-state index contributed by atoms with van der Waals surface area (Å²) in [5.41, 5.74) is 0.870. The molecule has 3 rings (SSSR count). The quantitative estimate of drug-likeness (QED) is 0.819. The minimum atomic E-state index is -3.80. The van der Waals surface area contributed by atoms with Gasteiger partial charge in [-0.1, -0.05) is 12.1 Å². The van der Waals surface area contributed by atoms with Gasteiger partial charge in [0.15, 0.2) is 0 Å². The summed E-state index contributed by atoms with van der Waals surface area (Å²) in [5.74, 6) is -1.02. The molecule has 2 aromatic carbocycles. The Bertz CT molecular complexity index is 900. The molecular weight excluding hydrogens is 374 g/mol. The maximum atomic E-state index is 13.1. The molecule has 1 unspecified atom stereocenters. The third-order valence-electron chi connectivity index (χ3n) is 4.58. The molecule has 0 aromatic heterocycles. The van der Waals surface area contributed by atoms with Gasteiger partial charge in [-0.2, -0.15) is 0 Å². The van der Waals surface area contributed by atoms with Gasteiger partial charge in [0.2, 0.25) is 15.9 Å². The van der Waals surface area contributed by atoms with Crippen molar-refractivity contribution in [1.82, 2.24) is 9.62 Å². The SMILES string of the molecule is O=C(CCNS(=O)(=O)c1ccc(F)cc1)N1CCCC1c1ccc(F)cc1. The van der Waals surface area contributed by atoms with E-state index in [0.717, 1.165) is 30.5 Å². The van der Waals surface area contributed by atoms with E-state index in [1.807, 2.05) is 0 Å². The van der Waals surface area contributed by atoms with Gasteiger partial charge in [-0.05, 0) is 54.8 Å².